The second-order valence-corrected chi connectivity index (χ2v) is 7.09. The second-order valence-electron chi connectivity index (χ2n) is 6.68. The first kappa shape index (κ1) is 20.4. The molecule has 3 rings (SSSR count). The highest BCUT2D eigenvalue weighted by Gasteiger charge is 2.16. The van der Waals surface area contributed by atoms with E-state index in [1.165, 1.54) is 0 Å². The Balaban J connectivity index is 1.56. The molecule has 0 radical (unpaired) electrons. The predicted molar refractivity (Wildman–Crippen MR) is 114 cm³/mol. The lowest BCUT2D eigenvalue weighted by atomic mass is 10.0. The summed E-state index contributed by atoms with van der Waals surface area (Å²) in [6.45, 7) is 0.834. The zero-order valence-electron chi connectivity index (χ0n) is 15.6. The molecule has 0 aromatic heterocycles. The van der Waals surface area contributed by atoms with Crippen molar-refractivity contribution in [2.75, 3.05) is 6.54 Å². The maximum atomic E-state index is 10.4. The van der Waals surface area contributed by atoms with Gasteiger partial charge in [0.05, 0.1) is 6.10 Å². The highest BCUT2D eigenvalue weighted by Crippen LogP contribution is 2.30. The van der Waals surface area contributed by atoms with Crippen molar-refractivity contribution in [1.82, 2.24) is 5.32 Å². The van der Waals surface area contributed by atoms with Crippen LogP contribution in [0.3, 0.4) is 0 Å². The summed E-state index contributed by atoms with van der Waals surface area (Å²) < 4.78 is 5.96. The second kappa shape index (κ2) is 10.2. The third kappa shape index (κ3) is 5.81. The first-order valence-corrected chi connectivity index (χ1v) is 9.70. The molecule has 0 bridgehead atoms. The van der Waals surface area contributed by atoms with Gasteiger partial charge in [0.1, 0.15) is 11.5 Å². The maximum Gasteiger partial charge on any atom is 0.133 e. The maximum absolute atomic E-state index is 10.4. The van der Waals surface area contributed by atoms with Gasteiger partial charge in [-0.15, -0.1) is 0 Å². The topological polar surface area (TPSA) is 67.5 Å². The van der Waals surface area contributed by atoms with E-state index in [0.717, 1.165) is 16.9 Å². The molecule has 0 aliphatic heterocycles. The smallest absolute Gasteiger partial charge is 0.133 e. The average Bonchev–Trinajstić information content (AvgIpc) is 2.71. The van der Waals surface area contributed by atoms with Crippen molar-refractivity contribution < 1.29 is 9.84 Å². The predicted octanol–water partition coefficient (Wildman–Crippen LogP) is 4.15. The van der Waals surface area contributed by atoms with E-state index in [0.29, 0.717) is 30.3 Å². The van der Waals surface area contributed by atoms with Crippen LogP contribution in [0.5, 0.6) is 11.5 Å². The SMILES string of the molecule is NC(Cc1ccccc1)[C@@H](O)CNCc1c(Cl)cccc1Oc1ccccc1. The van der Waals surface area contributed by atoms with Crippen LogP contribution in [0, 0.1) is 0 Å². The lowest BCUT2D eigenvalue weighted by Gasteiger charge is -2.20. The normalized spacial score (nSPS) is 13.1. The molecule has 146 valence electrons. The molecule has 4 nitrogen and oxygen atoms in total. The van der Waals surface area contributed by atoms with Crippen LogP contribution in [0.4, 0.5) is 0 Å². The van der Waals surface area contributed by atoms with Crippen molar-refractivity contribution in [3.8, 4) is 11.5 Å². The number of para-hydroxylation sites is 1. The molecule has 0 saturated carbocycles. The lowest BCUT2D eigenvalue weighted by molar-refractivity contribution is 0.141. The molecular weight excluding hydrogens is 372 g/mol. The molecule has 4 N–H and O–H groups in total. The Morgan fingerprint density at radius 1 is 0.929 bits per heavy atom. The molecule has 2 atom stereocenters. The molecule has 0 aliphatic rings. The van der Waals surface area contributed by atoms with Crippen LogP contribution in [-0.2, 0) is 13.0 Å². The standard InChI is InChI=1S/C23H25ClN2O2/c24-20-12-7-13-23(28-18-10-5-2-6-11-18)19(20)15-26-16-22(27)21(25)14-17-8-3-1-4-9-17/h1-13,21-22,26-27H,14-16,25H2/t21?,22-/m0/s1. The van der Waals surface area contributed by atoms with E-state index in [1.807, 2.05) is 78.9 Å². The number of rotatable bonds is 9. The molecule has 0 fully saturated rings. The van der Waals surface area contributed by atoms with Crippen molar-refractivity contribution in [1.29, 1.82) is 0 Å². The minimum absolute atomic E-state index is 0.346. The molecular formula is C23H25ClN2O2. The fourth-order valence-corrected chi connectivity index (χ4v) is 3.17. The average molecular weight is 397 g/mol. The third-order valence-corrected chi connectivity index (χ3v) is 4.86. The number of hydrogen-bond acceptors (Lipinski definition) is 4. The lowest BCUT2D eigenvalue weighted by Crippen LogP contribution is -2.43. The van der Waals surface area contributed by atoms with E-state index < -0.39 is 6.10 Å². The van der Waals surface area contributed by atoms with Crippen LogP contribution in [0.1, 0.15) is 11.1 Å². The van der Waals surface area contributed by atoms with Gasteiger partial charge in [0.25, 0.3) is 0 Å². The Morgan fingerprint density at radius 2 is 1.61 bits per heavy atom. The monoisotopic (exact) mass is 396 g/mol. The van der Waals surface area contributed by atoms with Gasteiger partial charge in [0.2, 0.25) is 0 Å². The number of aliphatic hydroxyl groups excluding tert-OH is 1. The zero-order chi connectivity index (χ0) is 19.8. The number of ether oxygens (including phenoxy) is 1. The van der Waals surface area contributed by atoms with Gasteiger partial charge in [-0.3, -0.25) is 0 Å². The molecule has 5 heteroatoms. The van der Waals surface area contributed by atoms with E-state index >= 15 is 0 Å². The molecule has 0 amide bonds. The summed E-state index contributed by atoms with van der Waals surface area (Å²) in [7, 11) is 0. The van der Waals surface area contributed by atoms with E-state index in [9.17, 15) is 5.11 Å². The summed E-state index contributed by atoms with van der Waals surface area (Å²) in [6.07, 6.45) is -0.0424. The summed E-state index contributed by atoms with van der Waals surface area (Å²) in [4.78, 5) is 0. The minimum Gasteiger partial charge on any atom is -0.457 e. The highest BCUT2D eigenvalue weighted by atomic mass is 35.5. The summed E-state index contributed by atoms with van der Waals surface area (Å²) in [5, 5.41) is 14.2. The number of nitrogens with one attached hydrogen (secondary N) is 1. The zero-order valence-corrected chi connectivity index (χ0v) is 16.3. The van der Waals surface area contributed by atoms with Gasteiger partial charge < -0.3 is 20.9 Å². The third-order valence-electron chi connectivity index (χ3n) is 4.51. The summed E-state index contributed by atoms with van der Waals surface area (Å²) in [5.74, 6) is 1.44. The van der Waals surface area contributed by atoms with Crippen LogP contribution in [0.2, 0.25) is 5.02 Å². The number of halogens is 1. The number of aliphatic hydroxyl groups is 1. The van der Waals surface area contributed by atoms with E-state index in [2.05, 4.69) is 5.32 Å². The highest BCUT2D eigenvalue weighted by molar-refractivity contribution is 6.31. The van der Waals surface area contributed by atoms with Gasteiger partial charge in [-0.25, -0.2) is 0 Å². The van der Waals surface area contributed by atoms with Crippen molar-refractivity contribution in [2.24, 2.45) is 5.73 Å². The number of benzene rings is 3. The molecule has 28 heavy (non-hydrogen) atoms. The van der Waals surface area contributed by atoms with Crippen LogP contribution in [-0.4, -0.2) is 23.8 Å². The van der Waals surface area contributed by atoms with Gasteiger partial charge in [0.15, 0.2) is 0 Å². The molecule has 0 heterocycles. The van der Waals surface area contributed by atoms with Crippen LogP contribution in [0.15, 0.2) is 78.9 Å². The Labute approximate surface area is 170 Å². The minimum atomic E-state index is -0.666. The summed E-state index contributed by atoms with van der Waals surface area (Å²) in [6, 6.07) is 24.7. The quantitative estimate of drug-likeness (QED) is 0.508. The fourth-order valence-electron chi connectivity index (χ4n) is 2.94. The van der Waals surface area contributed by atoms with Crippen molar-refractivity contribution in [2.45, 2.75) is 25.1 Å². The Kier molecular flexibility index (Phi) is 7.46. The van der Waals surface area contributed by atoms with E-state index in [1.54, 1.807) is 0 Å². The van der Waals surface area contributed by atoms with Crippen LogP contribution >= 0.6 is 11.6 Å². The molecule has 3 aromatic carbocycles. The molecule has 3 aromatic rings. The van der Waals surface area contributed by atoms with Gasteiger partial charge in [-0.05, 0) is 36.2 Å². The molecule has 0 spiro atoms. The van der Waals surface area contributed by atoms with Crippen molar-refractivity contribution in [3.63, 3.8) is 0 Å². The van der Waals surface area contributed by atoms with Gasteiger partial charge in [-0.2, -0.15) is 0 Å². The van der Waals surface area contributed by atoms with E-state index in [-0.39, 0.29) is 6.04 Å². The molecule has 0 aliphatic carbocycles. The van der Waals surface area contributed by atoms with Crippen LogP contribution in [0.25, 0.3) is 0 Å². The number of nitrogens with two attached hydrogens (primary N) is 1. The van der Waals surface area contributed by atoms with Crippen molar-refractivity contribution in [3.05, 3.63) is 95.0 Å². The summed E-state index contributed by atoms with van der Waals surface area (Å²) >= 11 is 6.37. The molecule has 1 unspecified atom stereocenters. The number of hydrogen-bond donors (Lipinski definition) is 3. The van der Waals surface area contributed by atoms with Gasteiger partial charge in [0, 0.05) is 29.7 Å². The van der Waals surface area contributed by atoms with Crippen molar-refractivity contribution >= 4 is 11.6 Å². The van der Waals surface area contributed by atoms with E-state index in [4.69, 9.17) is 22.1 Å². The Bertz CT molecular complexity index is 859. The Morgan fingerprint density at radius 3 is 2.32 bits per heavy atom. The van der Waals surface area contributed by atoms with Crippen LogP contribution < -0.4 is 15.8 Å². The first-order valence-electron chi connectivity index (χ1n) is 9.32. The molecule has 0 saturated heterocycles. The first-order chi connectivity index (χ1) is 13.6. The van der Waals surface area contributed by atoms with Gasteiger partial charge >= 0.3 is 0 Å². The largest absolute Gasteiger partial charge is 0.457 e. The summed E-state index contributed by atoms with van der Waals surface area (Å²) in [5.41, 5.74) is 8.10. The Hall–Kier alpha value is -2.37. The van der Waals surface area contributed by atoms with Gasteiger partial charge in [-0.1, -0.05) is 66.2 Å². The fraction of sp³-hybridized carbons (Fsp3) is 0.217.